The number of carbonyl (C=O) groups is 1. The minimum atomic E-state index is -0.0441. The number of nitrogens with zero attached hydrogens (tertiary/aromatic N) is 4. The minimum absolute atomic E-state index is 0.0441. The summed E-state index contributed by atoms with van der Waals surface area (Å²) in [6, 6.07) is 17.9. The monoisotopic (exact) mass is 359 g/mol. The second-order valence-electron chi connectivity index (χ2n) is 6.34. The molecule has 0 aliphatic carbocycles. The van der Waals surface area contributed by atoms with E-state index in [9.17, 15) is 4.79 Å². The smallest absolute Gasteiger partial charge is 0.224 e. The first-order chi connectivity index (χ1) is 13.2. The predicted molar refractivity (Wildman–Crippen MR) is 105 cm³/mol. The second kappa shape index (κ2) is 7.45. The molecule has 0 unspecified atom stereocenters. The molecule has 0 saturated carbocycles. The maximum Gasteiger partial charge on any atom is 0.224 e. The summed E-state index contributed by atoms with van der Waals surface area (Å²) in [5.41, 5.74) is 3.89. The van der Waals surface area contributed by atoms with Crippen LogP contribution in [0.5, 0.6) is 0 Å². The van der Waals surface area contributed by atoms with Gasteiger partial charge in [0.05, 0.1) is 35.9 Å². The highest BCUT2D eigenvalue weighted by Crippen LogP contribution is 2.16. The van der Waals surface area contributed by atoms with Crippen LogP contribution in [0.3, 0.4) is 0 Å². The Morgan fingerprint density at radius 1 is 1.07 bits per heavy atom. The Morgan fingerprint density at radius 3 is 2.67 bits per heavy atom. The number of aryl methyl sites for hydroxylation is 1. The van der Waals surface area contributed by atoms with Crippen LogP contribution in [0, 0.1) is 0 Å². The lowest BCUT2D eigenvalue weighted by Crippen LogP contribution is -2.26. The maximum absolute atomic E-state index is 12.4. The van der Waals surface area contributed by atoms with E-state index < -0.39 is 0 Å². The van der Waals surface area contributed by atoms with Crippen LogP contribution in [-0.4, -0.2) is 25.2 Å². The Balaban J connectivity index is 1.41. The lowest BCUT2D eigenvalue weighted by atomic mass is 10.2. The van der Waals surface area contributed by atoms with Crippen molar-refractivity contribution in [2.75, 3.05) is 0 Å². The zero-order chi connectivity index (χ0) is 18.6. The van der Waals surface area contributed by atoms with Crippen molar-refractivity contribution in [3.8, 4) is 5.69 Å². The Hall–Kier alpha value is -3.41. The molecule has 4 rings (SSSR count). The molecule has 0 spiro atoms. The molecule has 0 aliphatic heterocycles. The zero-order valence-electron chi connectivity index (χ0n) is 15.2. The fourth-order valence-corrected chi connectivity index (χ4v) is 3.21. The SMILES string of the molecule is CCn1c(CNC(=O)Cc2cnn(-c3ccccc3)c2)nc2ccccc21. The number of fused-ring (bicyclic) bond motifs is 1. The molecule has 0 atom stereocenters. The van der Waals surface area contributed by atoms with E-state index in [2.05, 4.69) is 33.0 Å². The lowest BCUT2D eigenvalue weighted by molar-refractivity contribution is -0.120. The highest BCUT2D eigenvalue weighted by molar-refractivity contribution is 5.79. The fraction of sp³-hybridized carbons (Fsp3) is 0.190. The molecule has 4 aromatic rings. The number of amides is 1. The summed E-state index contributed by atoms with van der Waals surface area (Å²) < 4.78 is 3.90. The first kappa shape index (κ1) is 17.0. The summed E-state index contributed by atoms with van der Waals surface area (Å²) in [4.78, 5) is 17.0. The van der Waals surface area contributed by atoms with E-state index in [0.29, 0.717) is 13.0 Å². The van der Waals surface area contributed by atoms with Crippen LogP contribution in [0.25, 0.3) is 16.7 Å². The van der Waals surface area contributed by atoms with Gasteiger partial charge in [0.1, 0.15) is 5.82 Å². The lowest BCUT2D eigenvalue weighted by Gasteiger charge is -2.07. The zero-order valence-corrected chi connectivity index (χ0v) is 15.2. The Kier molecular flexibility index (Phi) is 4.70. The van der Waals surface area contributed by atoms with Crippen LogP contribution in [-0.2, 0) is 24.3 Å². The molecular formula is C21H21N5O. The second-order valence-corrected chi connectivity index (χ2v) is 6.34. The first-order valence-corrected chi connectivity index (χ1v) is 9.04. The van der Waals surface area contributed by atoms with Crippen LogP contribution in [0.2, 0.25) is 0 Å². The largest absolute Gasteiger partial charge is 0.349 e. The van der Waals surface area contributed by atoms with Crippen molar-refractivity contribution in [2.24, 2.45) is 0 Å². The molecule has 27 heavy (non-hydrogen) atoms. The van der Waals surface area contributed by atoms with E-state index in [1.165, 1.54) is 0 Å². The summed E-state index contributed by atoms with van der Waals surface area (Å²) in [6.45, 7) is 3.31. The third-order valence-electron chi connectivity index (χ3n) is 4.51. The molecule has 136 valence electrons. The number of nitrogens with one attached hydrogen (secondary N) is 1. The molecule has 0 bridgehead atoms. The van der Waals surface area contributed by atoms with Gasteiger partial charge in [0, 0.05) is 12.7 Å². The Morgan fingerprint density at radius 2 is 1.85 bits per heavy atom. The molecule has 2 aromatic heterocycles. The van der Waals surface area contributed by atoms with Crippen molar-refractivity contribution in [1.29, 1.82) is 0 Å². The van der Waals surface area contributed by atoms with Gasteiger partial charge >= 0.3 is 0 Å². The predicted octanol–water partition coefficient (Wildman–Crippen LogP) is 3.10. The van der Waals surface area contributed by atoms with E-state index in [4.69, 9.17) is 0 Å². The van der Waals surface area contributed by atoms with Crippen LogP contribution in [0.4, 0.5) is 0 Å². The molecule has 6 nitrogen and oxygen atoms in total. The van der Waals surface area contributed by atoms with Gasteiger partial charge in [-0.25, -0.2) is 9.67 Å². The van der Waals surface area contributed by atoms with Crippen molar-refractivity contribution in [3.63, 3.8) is 0 Å². The molecule has 6 heteroatoms. The van der Waals surface area contributed by atoms with Gasteiger partial charge in [-0.05, 0) is 36.8 Å². The van der Waals surface area contributed by atoms with Gasteiger partial charge in [-0.1, -0.05) is 30.3 Å². The van der Waals surface area contributed by atoms with Gasteiger partial charge in [-0.15, -0.1) is 0 Å². The number of hydrogen-bond acceptors (Lipinski definition) is 3. The summed E-state index contributed by atoms with van der Waals surface area (Å²) in [5.74, 6) is 0.823. The average Bonchev–Trinajstić information content (AvgIpc) is 3.31. The van der Waals surface area contributed by atoms with Crippen LogP contribution in [0.15, 0.2) is 67.0 Å². The molecule has 0 saturated heterocycles. The number of hydrogen-bond donors (Lipinski definition) is 1. The molecule has 0 fully saturated rings. The van der Waals surface area contributed by atoms with Gasteiger partial charge in [-0.3, -0.25) is 4.79 Å². The fourth-order valence-electron chi connectivity index (χ4n) is 3.21. The van der Waals surface area contributed by atoms with Gasteiger partial charge in [0.15, 0.2) is 0 Å². The highest BCUT2D eigenvalue weighted by atomic mass is 16.1. The summed E-state index contributed by atoms with van der Waals surface area (Å²) in [5, 5.41) is 7.31. The normalized spacial score (nSPS) is 11.0. The van der Waals surface area contributed by atoms with Gasteiger partial charge in [0.25, 0.3) is 0 Å². The van der Waals surface area contributed by atoms with Crippen molar-refractivity contribution >= 4 is 16.9 Å². The van der Waals surface area contributed by atoms with Crippen molar-refractivity contribution in [3.05, 3.63) is 78.4 Å². The number of imidazole rings is 1. The topological polar surface area (TPSA) is 64.7 Å². The Bertz CT molecular complexity index is 1060. The number of carbonyl (C=O) groups excluding carboxylic acids is 1. The quantitative estimate of drug-likeness (QED) is 0.575. The molecule has 0 radical (unpaired) electrons. The van der Waals surface area contributed by atoms with Crippen LogP contribution in [0.1, 0.15) is 18.3 Å². The standard InChI is InChI=1S/C21H21N5O/c1-2-25-19-11-7-6-10-18(19)24-20(25)14-22-21(27)12-16-13-23-26(15-16)17-8-4-3-5-9-17/h3-11,13,15H,2,12,14H2,1H3,(H,22,27). The van der Waals surface area contributed by atoms with Gasteiger partial charge in [-0.2, -0.15) is 5.10 Å². The van der Waals surface area contributed by atoms with E-state index in [1.54, 1.807) is 10.9 Å². The molecule has 1 amide bonds. The van der Waals surface area contributed by atoms with E-state index in [0.717, 1.165) is 34.7 Å². The van der Waals surface area contributed by atoms with Gasteiger partial charge < -0.3 is 9.88 Å². The molecule has 0 aliphatic rings. The average molecular weight is 359 g/mol. The molecule has 1 N–H and O–H groups in total. The minimum Gasteiger partial charge on any atom is -0.349 e. The maximum atomic E-state index is 12.4. The summed E-state index contributed by atoms with van der Waals surface area (Å²) in [7, 11) is 0. The van der Waals surface area contributed by atoms with Crippen molar-refractivity contribution in [2.45, 2.75) is 26.4 Å². The highest BCUT2D eigenvalue weighted by Gasteiger charge is 2.11. The van der Waals surface area contributed by atoms with Crippen molar-refractivity contribution in [1.82, 2.24) is 24.6 Å². The summed E-state index contributed by atoms with van der Waals surface area (Å²) >= 11 is 0. The number of para-hydroxylation sites is 3. The first-order valence-electron chi connectivity index (χ1n) is 9.04. The third kappa shape index (κ3) is 3.60. The van der Waals surface area contributed by atoms with Crippen LogP contribution >= 0.6 is 0 Å². The number of benzene rings is 2. The van der Waals surface area contributed by atoms with E-state index >= 15 is 0 Å². The molecule has 2 aromatic carbocycles. The third-order valence-corrected chi connectivity index (χ3v) is 4.51. The van der Waals surface area contributed by atoms with E-state index in [-0.39, 0.29) is 5.91 Å². The molecular weight excluding hydrogens is 338 g/mol. The molecule has 2 heterocycles. The Labute approximate surface area is 157 Å². The van der Waals surface area contributed by atoms with E-state index in [1.807, 2.05) is 54.7 Å². The van der Waals surface area contributed by atoms with Gasteiger partial charge in [0.2, 0.25) is 5.91 Å². The van der Waals surface area contributed by atoms with Crippen molar-refractivity contribution < 1.29 is 4.79 Å². The van der Waals surface area contributed by atoms with Crippen LogP contribution < -0.4 is 5.32 Å². The number of rotatable bonds is 6. The number of aromatic nitrogens is 4. The summed E-state index contributed by atoms with van der Waals surface area (Å²) in [6.07, 6.45) is 3.91.